The maximum atomic E-state index is 12.6. The molecule has 1 heterocycles. The van der Waals surface area contributed by atoms with Gasteiger partial charge in [0.2, 0.25) is 5.91 Å². The maximum absolute atomic E-state index is 12.6. The van der Waals surface area contributed by atoms with Gasteiger partial charge in [0.25, 0.3) is 0 Å². The van der Waals surface area contributed by atoms with Crippen LogP contribution in [0.3, 0.4) is 0 Å². The molecule has 0 radical (unpaired) electrons. The molecule has 0 fully saturated rings. The van der Waals surface area contributed by atoms with E-state index < -0.39 is 0 Å². The summed E-state index contributed by atoms with van der Waals surface area (Å²) < 4.78 is 5.13. The highest BCUT2D eigenvalue weighted by Gasteiger charge is 2.25. The van der Waals surface area contributed by atoms with Gasteiger partial charge in [-0.25, -0.2) is 0 Å². The van der Waals surface area contributed by atoms with Gasteiger partial charge < -0.3 is 15.0 Å². The number of rotatable bonds is 4. The van der Waals surface area contributed by atoms with Crippen molar-refractivity contribution in [1.29, 1.82) is 0 Å². The highest BCUT2D eigenvalue weighted by atomic mass is 16.5. The monoisotopic (exact) mass is 310 g/mol. The van der Waals surface area contributed by atoms with Gasteiger partial charge in [0, 0.05) is 17.9 Å². The number of carbonyl (C=O) groups excluding carboxylic acids is 1. The summed E-state index contributed by atoms with van der Waals surface area (Å²) in [6.45, 7) is 2.87. The molecular weight excluding hydrogens is 288 g/mol. The SMILES string of the molecule is COc1ccc(NC(=O)[C@H](C)N2CCCc3ccccc32)cc1. The molecule has 1 aliphatic rings. The molecule has 1 N–H and O–H groups in total. The molecule has 0 unspecified atom stereocenters. The summed E-state index contributed by atoms with van der Waals surface area (Å²) in [6, 6.07) is 15.5. The zero-order chi connectivity index (χ0) is 16.2. The molecule has 1 amide bonds. The second kappa shape index (κ2) is 6.73. The standard InChI is InChI=1S/C19H22N2O2/c1-14(19(22)20-16-9-11-17(23-2)12-10-16)21-13-5-7-15-6-3-4-8-18(15)21/h3-4,6,8-12,14H,5,7,13H2,1-2H3,(H,20,22)/t14-/m0/s1. The largest absolute Gasteiger partial charge is 0.497 e. The molecule has 0 saturated carbocycles. The van der Waals surface area contributed by atoms with Crippen LogP contribution in [0, 0.1) is 0 Å². The minimum Gasteiger partial charge on any atom is -0.497 e. The second-order valence-electron chi connectivity index (χ2n) is 5.82. The van der Waals surface area contributed by atoms with E-state index in [0.29, 0.717) is 0 Å². The number of para-hydroxylation sites is 1. The molecule has 0 aromatic heterocycles. The minimum atomic E-state index is -0.210. The molecular formula is C19H22N2O2. The number of nitrogens with one attached hydrogen (secondary N) is 1. The van der Waals surface area contributed by atoms with E-state index >= 15 is 0 Å². The summed E-state index contributed by atoms with van der Waals surface area (Å²) in [4.78, 5) is 14.8. The van der Waals surface area contributed by atoms with Crippen LogP contribution in [-0.2, 0) is 11.2 Å². The summed E-state index contributed by atoms with van der Waals surface area (Å²) in [7, 11) is 1.63. The third kappa shape index (κ3) is 3.31. The second-order valence-corrected chi connectivity index (χ2v) is 5.82. The molecule has 1 aliphatic heterocycles. The Kier molecular flexibility index (Phi) is 4.51. The number of aryl methyl sites for hydroxylation is 1. The first-order chi connectivity index (χ1) is 11.2. The fourth-order valence-electron chi connectivity index (χ4n) is 3.03. The van der Waals surface area contributed by atoms with Crippen molar-refractivity contribution in [3.63, 3.8) is 0 Å². The van der Waals surface area contributed by atoms with Crippen molar-refractivity contribution in [3.8, 4) is 5.75 Å². The minimum absolute atomic E-state index is 0.00636. The zero-order valence-electron chi connectivity index (χ0n) is 13.6. The molecule has 4 nitrogen and oxygen atoms in total. The van der Waals surface area contributed by atoms with E-state index in [9.17, 15) is 4.79 Å². The lowest BCUT2D eigenvalue weighted by Crippen LogP contribution is -2.44. The predicted octanol–water partition coefficient (Wildman–Crippen LogP) is 3.48. The zero-order valence-corrected chi connectivity index (χ0v) is 13.6. The number of anilines is 2. The molecule has 1 atom stereocenters. The third-order valence-electron chi connectivity index (χ3n) is 4.35. The number of ether oxygens (including phenoxy) is 1. The van der Waals surface area contributed by atoms with Crippen molar-refractivity contribution >= 4 is 17.3 Å². The number of carbonyl (C=O) groups is 1. The van der Waals surface area contributed by atoms with Crippen LogP contribution in [0.1, 0.15) is 18.9 Å². The van der Waals surface area contributed by atoms with Crippen LogP contribution in [0.4, 0.5) is 11.4 Å². The van der Waals surface area contributed by atoms with E-state index in [1.165, 1.54) is 11.3 Å². The van der Waals surface area contributed by atoms with Crippen LogP contribution in [0.25, 0.3) is 0 Å². The summed E-state index contributed by atoms with van der Waals surface area (Å²) in [5, 5.41) is 2.98. The van der Waals surface area contributed by atoms with Crippen LogP contribution in [-0.4, -0.2) is 25.6 Å². The topological polar surface area (TPSA) is 41.6 Å². The Hall–Kier alpha value is -2.49. The number of methoxy groups -OCH3 is 1. The van der Waals surface area contributed by atoms with Crippen molar-refractivity contribution in [2.75, 3.05) is 23.9 Å². The van der Waals surface area contributed by atoms with Crippen LogP contribution >= 0.6 is 0 Å². The van der Waals surface area contributed by atoms with E-state index in [4.69, 9.17) is 4.74 Å². The molecule has 0 aliphatic carbocycles. The Morgan fingerprint density at radius 2 is 1.91 bits per heavy atom. The molecule has 2 aromatic carbocycles. The van der Waals surface area contributed by atoms with E-state index in [1.807, 2.05) is 37.3 Å². The van der Waals surface area contributed by atoms with E-state index in [-0.39, 0.29) is 11.9 Å². The summed E-state index contributed by atoms with van der Waals surface area (Å²) in [5.74, 6) is 0.785. The fraction of sp³-hybridized carbons (Fsp3) is 0.316. The molecule has 0 saturated heterocycles. The first-order valence-corrected chi connectivity index (χ1v) is 7.98. The van der Waals surface area contributed by atoms with Gasteiger partial charge in [-0.15, -0.1) is 0 Å². The average Bonchev–Trinajstić information content (AvgIpc) is 2.61. The summed E-state index contributed by atoms with van der Waals surface area (Å²) in [5.41, 5.74) is 3.28. The van der Waals surface area contributed by atoms with Gasteiger partial charge in [0.05, 0.1) is 7.11 Å². The number of nitrogens with zero attached hydrogens (tertiary/aromatic N) is 1. The predicted molar refractivity (Wildman–Crippen MR) is 93.2 cm³/mol. The number of fused-ring (bicyclic) bond motifs is 1. The van der Waals surface area contributed by atoms with E-state index in [0.717, 1.165) is 30.8 Å². The van der Waals surface area contributed by atoms with E-state index in [2.05, 4.69) is 28.4 Å². The van der Waals surface area contributed by atoms with Gasteiger partial charge in [-0.2, -0.15) is 0 Å². The third-order valence-corrected chi connectivity index (χ3v) is 4.35. The Balaban J connectivity index is 1.72. The Bertz CT molecular complexity index is 682. The lowest BCUT2D eigenvalue weighted by atomic mass is 10.00. The number of hydrogen-bond acceptors (Lipinski definition) is 3. The van der Waals surface area contributed by atoms with Crippen molar-refractivity contribution in [2.45, 2.75) is 25.8 Å². The smallest absolute Gasteiger partial charge is 0.246 e. The number of hydrogen-bond donors (Lipinski definition) is 1. The van der Waals surface area contributed by atoms with Crippen molar-refractivity contribution in [2.24, 2.45) is 0 Å². The van der Waals surface area contributed by atoms with Crippen LogP contribution in [0.5, 0.6) is 5.75 Å². The molecule has 0 spiro atoms. The van der Waals surface area contributed by atoms with Crippen LogP contribution < -0.4 is 15.0 Å². The fourth-order valence-corrected chi connectivity index (χ4v) is 3.03. The summed E-state index contributed by atoms with van der Waals surface area (Å²) >= 11 is 0. The van der Waals surface area contributed by atoms with Crippen molar-refractivity contribution in [3.05, 3.63) is 54.1 Å². The van der Waals surface area contributed by atoms with Crippen LogP contribution in [0.2, 0.25) is 0 Å². The first kappa shape index (κ1) is 15.4. The Morgan fingerprint density at radius 3 is 2.65 bits per heavy atom. The Labute approximate surface area is 137 Å². The Morgan fingerprint density at radius 1 is 1.17 bits per heavy atom. The number of amides is 1. The molecule has 4 heteroatoms. The molecule has 3 rings (SSSR count). The first-order valence-electron chi connectivity index (χ1n) is 7.98. The molecule has 120 valence electrons. The quantitative estimate of drug-likeness (QED) is 0.940. The maximum Gasteiger partial charge on any atom is 0.246 e. The van der Waals surface area contributed by atoms with Gasteiger partial charge in [-0.05, 0) is 55.7 Å². The van der Waals surface area contributed by atoms with Gasteiger partial charge in [0.15, 0.2) is 0 Å². The van der Waals surface area contributed by atoms with Crippen molar-refractivity contribution in [1.82, 2.24) is 0 Å². The lowest BCUT2D eigenvalue weighted by molar-refractivity contribution is -0.117. The average molecular weight is 310 g/mol. The highest BCUT2D eigenvalue weighted by Crippen LogP contribution is 2.28. The van der Waals surface area contributed by atoms with Crippen LogP contribution in [0.15, 0.2) is 48.5 Å². The normalized spacial score (nSPS) is 14.8. The van der Waals surface area contributed by atoms with Gasteiger partial charge >= 0.3 is 0 Å². The highest BCUT2D eigenvalue weighted by molar-refractivity contribution is 5.96. The number of benzene rings is 2. The summed E-state index contributed by atoms with van der Waals surface area (Å²) in [6.07, 6.45) is 2.16. The van der Waals surface area contributed by atoms with Gasteiger partial charge in [-0.1, -0.05) is 18.2 Å². The van der Waals surface area contributed by atoms with Gasteiger partial charge in [0.1, 0.15) is 11.8 Å². The van der Waals surface area contributed by atoms with Gasteiger partial charge in [-0.3, -0.25) is 4.79 Å². The molecule has 2 aromatic rings. The molecule has 0 bridgehead atoms. The molecule has 23 heavy (non-hydrogen) atoms. The van der Waals surface area contributed by atoms with Crippen molar-refractivity contribution < 1.29 is 9.53 Å². The lowest BCUT2D eigenvalue weighted by Gasteiger charge is -2.35. The van der Waals surface area contributed by atoms with E-state index in [1.54, 1.807) is 7.11 Å².